The maximum absolute atomic E-state index is 15.0. The van der Waals surface area contributed by atoms with Gasteiger partial charge in [-0.1, -0.05) is 17.7 Å². The first kappa shape index (κ1) is 29.2. The van der Waals surface area contributed by atoms with E-state index in [1.54, 1.807) is 24.3 Å². The molecule has 1 aromatic carbocycles. The summed E-state index contributed by atoms with van der Waals surface area (Å²) in [6, 6.07) is 2.84. The summed E-state index contributed by atoms with van der Waals surface area (Å²) in [6.07, 6.45) is 1.27. The van der Waals surface area contributed by atoms with Gasteiger partial charge in [0, 0.05) is 41.9 Å². The smallest absolute Gasteiger partial charge is 0.255 e. The summed E-state index contributed by atoms with van der Waals surface area (Å²) in [5, 5.41) is 6.88. The molecule has 3 aliphatic heterocycles. The summed E-state index contributed by atoms with van der Waals surface area (Å²) in [6.45, 7) is 0.0795. The van der Waals surface area contributed by atoms with E-state index in [1.165, 1.54) is 0 Å². The molecule has 1 aliphatic carbocycles. The second-order valence-corrected chi connectivity index (χ2v) is 12.7. The van der Waals surface area contributed by atoms with Crippen LogP contribution >= 0.6 is 11.6 Å². The first-order valence-electron chi connectivity index (χ1n) is 12.6. The third-order valence-electron chi connectivity index (χ3n) is 7.48. The quantitative estimate of drug-likeness (QED) is 0.406. The Morgan fingerprint density at radius 1 is 1.28 bits per heavy atom. The largest absolute Gasteiger partial charge is 0.376 e. The van der Waals surface area contributed by atoms with Crippen LogP contribution in [0.25, 0.3) is 0 Å². The van der Waals surface area contributed by atoms with Gasteiger partial charge in [-0.15, -0.1) is 0 Å². The fraction of sp³-hybridized carbons (Fsp3) is 0.560. The summed E-state index contributed by atoms with van der Waals surface area (Å²) in [7, 11) is -4.25. The fourth-order valence-electron chi connectivity index (χ4n) is 5.63. The van der Waals surface area contributed by atoms with Crippen molar-refractivity contribution in [3.63, 3.8) is 0 Å². The number of hydrogen-bond donors (Lipinski definition) is 3. The molecule has 4 aliphatic rings. The van der Waals surface area contributed by atoms with Crippen LogP contribution in [0.1, 0.15) is 32.1 Å². The lowest BCUT2D eigenvalue weighted by Gasteiger charge is -2.53. The number of rotatable bonds is 9. The van der Waals surface area contributed by atoms with Crippen LogP contribution in [0.3, 0.4) is 0 Å². The molecular formula is C25H30ClF3N4O5S. The number of alkyl halides is 2. The van der Waals surface area contributed by atoms with Crippen molar-refractivity contribution in [2.24, 2.45) is 11.8 Å². The number of sulfone groups is 1. The van der Waals surface area contributed by atoms with Gasteiger partial charge in [-0.05, 0) is 50.0 Å². The molecule has 3 saturated heterocycles. The standard InChI is InChI=1S/C25H30ClF3N4O5S/c1-39(37,38)20(27)11-17(9-14-7-8-30-23(14)35)32-24(36)22-19-6-5-18(12-25(19,28)29)33(22)21(34)13-31-16-4-2-3-15(26)10-16/h2-4,10-11,14,17-19,22,31H,5-9,12-13H2,1H3,(H,30,35)(H,32,36)/b20-11+/t14-,17-,18+,19+,22+/m1/s1. The number of carbonyl (C=O) groups excluding carboxylic acids is 3. The minimum atomic E-state index is -4.25. The lowest BCUT2D eigenvalue weighted by atomic mass is 9.71. The van der Waals surface area contributed by atoms with E-state index in [2.05, 4.69) is 16.0 Å². The molecule has 0 spiro atoms. The number of amides is 3. The average Bonchev–Trinajstić information content (AvgIpc) is 3.25. The van der Waals surface area contributed by atoms with E-state index in [0.29, 0.717) is 42.4 Å². The third kappa shape index (κ3) is 6.68. The van der Waals surface area contributed by atoms with Crippen LogP contribution in [0.4, 0.5) is 18.9 Å². The third-order valence-corrected chi connectivity index (χ3v) is 8.56. The molecule has 2 bridgehead atoms. The molecule has 5 rings (SSSR count). The summed E-state index contributed by atoms with van der Waals surface area (Å²) in [5.41, 5.74) is 0.528. The van der Waals surface area contributed by atoms with E-state index in [0.717, 1.165) is 4.90 Å². The Morgan fingerprint density at radius 2 is 2.03 bits per heavy atom. The number of hydrogen-bond acceptors (Lipinski definition) is 6. The van der Waals surface area contributed by atoms with E-state index in [1.807, 2.05) is 0 Å². The van der Waals surface area contributed by atoms with Gasteiger partial charge in [-0.3, -0.25) is 14.4 Å². The summed E-state index contributed by atoms with van der Waals surface area (Å²) in [5.74, 6) is -7.20. The number of halogens is 4. The molecule has 0 radical (unpaired) electrons. The molecule has 3 heterocycles. The molecule has 0 aromatic heterocycles. The van der Waals surface area contributed by atoms with Gasteiger partial charge >= 0.3 is 0 Å². The molecule has 214 valence electrons. The highest BCUT2D eigenvalue weighted by molar-refractivity contribution is 7.94. The molecule has 3 N–H and O–H groups in total. The Balaban J connectivity index is 1.58. The molecule has 1 saturated carbocycles. The molecule has 9 nitrogen and oxygen atoms in total. The van der Waals surface area contributed by atoms with Crippen molar-refractivity contribution in [3.8, 4) is 0 Å². The van der Waals surface area contributed by atoms with Gasteiger partial charge < -0.3 is 20.9 Å². The monoisotopic (exact) mass is 590 g/mol. The lowest BCUT2D eigenvalue weighted by Crippen LogP contribution is -2.69. The van der Waals surface area contributed by atoms with Crippen LogP contribution in [-0.2, 0) is 24.2 Å². The zero-order chi connectivity index (χ0) is 28.5. The molecule has 3 amide bonds. The van der Waals surface area contributed by atoms with Crippen molar-refractivity contribution in [2.45, 2.75) is 56.2 Å². The van der Waals surface area contributed by atoms with Crippen molar-refractivity contribution >= 4 is 44.8 Å². The Bertz CT molecular complexity index is 1280. The van der Waals surface area contributed by atoms with E-state index in [9.17, 15) is 36.0 Å². The summed E-state index contributed by atoms with van der Waals surface area (Å²) in [4.78, 5) is 40.1. The average molecular weight is 591 g/mol. The van der Waals surface area contributed by atoms with Gasteiger partial charge in [0.15, 0.2) is 0 Å². The van der Waals surface area contributed by atoms with Crippen molar-refractivity contribution in [1.29, 1.82) is 0 Å². The maximum atomic E-state index is 15.0. The molecule has 39 heavy (non-hydrogen) atoms. The molecule has 1 aromatic rings. The first-order chi connectivity index (χ1) is 18.3. The van der Waals surface area contributed by atoms with E-state index in [-0.39, 0.29) is 25.3 Å². The second-order valence-electron chi connectivity index (χ2n) is 10.3. The number of nitrogens with zero attached hydrogens (tertiary/aromatic N) is 1. The van der Waals surface area contributed by atoms with E-state index in [4.69, 9.17) is 11.6 Å². The van der Waals surface area contributed by atoms with Gasteiger partial charge in [0.25, 0.3) is 5.92 Å². The molecule has 5 atom stereocenters. The number of carbonyl (C=O) groups is 3. The Labute approximate surface area is 229 Å². The van der Waals surface area contributed by atoms with E-state index >= 15 is 0 Å². The Morgan fingerprint density at radius 3 is 2.64 bits per heavy atom. The Hall–Kier alpha value is -2.80. The van der Waals surface area contributed by atoms with Crippen LogP contribution in [0, 0.1) is 11.8 Å². The zero-order valence-electron chi connectivity index (χ0n) is 21.1. The number of nitrogens with one attached hydrogen (secondary N) is 3. The van der Waals surface area contributed by atoms with Crippen LogP contribution < -0.4 is 16.0 Å². The minimum Gasteiger partial charge on any atom is -0.376 e. The number of benzene rings is 1. The highest BCUT2D eigenvalue weighted by Crippen LogP contribution is 2.49. The number of piperidine rings is 2. The summed E-state index contributed by atoms with van der Waals surface area (Å²) < 4.78 is 67.7. The second kappa shape index (κ2) is 11.4. The minimum absolute atomic E-state index is 0.00446. The lowest BCUT2D eigenvalue weighted by molar-refractivity contribution is -0.193. The number of anilines is 1. The summed E-state index contributed by atoms with van der Waals surface area (Å²) >= 11 is 5.97. The normalized spacial score (nSPS) is 27.2. The van der Waals surface area contributed by atoms with Gasteiger partial charge in [0.2, 0.25) is 32.7 Å². The topological polar surface area (TPSA) is 125 Å². The highest BCUT2D eigenvalue weighted by atomic mass is 35.5. The van der Waals surface area contributed by atoms with Crippen LogP contribution in [0.15, 0.2) is 35.5 Å². The van der Waals surface area contributed by atoms with Crippen molar-refractivity contribution in [1.82, 2.24) is 15.5 Å². The zero-order valence-corrected chi connectivity index (χ0v) is 22.7. The van der Waals surface area contributed by atoms with Crippen LogP contribution in [0.5, 0.6) is 0 Å². The van der Waals surface area contributed by atoms with Crippen LogP contribution in [0.2, 0.25) is 5.02 Å². The Kier molecular flexibility index (Phi) is 8.50. The molecule has 0 unspecified atom stereocenters. The van der Waals surface area contributed by atoms with Gasteiger partial charge in [-0.25, -0.2) is 17.2 Å². The van der Waals surface area contributed by atoms with Gasteiger partial charge in [0.1, 0.15) is 6.04 Å². The van der Waals surface area contributed by atoms with Crippen molar-refractivity contribution < 1.29 is 36.0 Å². The van der Waals surface area contributed by atoms with Crippen LogP contribution in [-0.4, -0.2) is 74.4 Å². The maximum Gasteiger partial charge on any atom is 0.255 e. The van der Waals surface area contributed by atoms with E-state index < -0.39 is 69.1 Å². The highest BCUT2D eigenvalue weighted by Gasteiger charge is 2.60. The van der Waals surface area contributed by atoms with Crippen molar-refractivity contribution in [3.05, 3.63) is 40.5 Å². The van der Waals surface area contributed by atoms with Crippen molar-refractivity contribution in [2.75, 3.05) is 24.7 Å². The number of fused-ring (bicyclic) bond motifs is 3. The molecule has 14 heteroatoms. The van der Waals surface area contributed by atoms with Gasteiger partial charge in [-0.2, -0.15) is 4.39 Å². The SMILES string of the molecule is CS(=O)(=O)/C(F)=C/[C@@H](C[C@H]1CCNC1=O)NC(=O)[C@@H]1[C@@H]2CC[C@@H](CC2(F)F)N1C(=O)CNc1cccc(Cl)c1. The van der Waals surface area contributed by atoms with Gasteiger partial charge in [0.05, 0.1) is 18.5 Å². The first-order valence-corrected chi connectivity index (χ1v) is 14.9. The molecular weight excluding hydrogens is 561 g/mol. The predicted octanol–water partition coefficient (Wildman–Crippen LogP) is 2.63. The molecule has 4 fully saturated rings. The fourth-order valence-corrected chi connectivity index (χ4v) is 6.23. The predicted molar refractivity (Wildman–Crippen MR) is 138 cm³/mol.